The fraction of sp³-hybridized carbons (Fsp3) is 0.455. The molecule has 0 saturated carbocycles. The Morgan fingerprint density at radius 1 is 1.53 bits per heavy atom. The van der Waals surface area contributed by atoms with Crippen molar-refractivity contribution in [1.29, 1.82) is 0 Å². The molecule has 4 heteroatoms. The second kappa shape index (κ2) is 5.46. The molecular formula is C11H17N3O. The van der Waals surface area contributed by atoms with Crippen LogP contribution in [0.5, 0.6) is 0 Å². The lowest BCUT2D eigenvalue weighted by atomic mass is 10.3. The van der Waals surface area contributed by atoms with E-state index in [2.05, 4.69) is 4.98 Å². The molecule has 0 fully saturated rings. The largest absolute Gasteiger partial charge is 0.340 e. The lowest BCUT2D eigenvalue weighted by Crippen LogP contribution is -2.28. The summed E-state index contributed by atoms with van der Waals surface area (Å²) in [7, 11) is 1.77. The summed E-state index contributed by atoms with van der Waals surface area (Å²) < 4.78 is 0. The van der Waals surface area contributed by atoms with Gasteiger partial charge < -0.3 is 10.6 Å². The minimum atomic E-state index is 0.0563. The number of nitrogens with two attached hydrogens (primary N) is 1. The van der Waals surface area contributed by atoms with Crippen LogP contribution in [0.2, 0.25) is 0 Å². The highest BCUT2D eigenvalue weighted by atomic mass is 16.2. The highest BCUT2D eigenvalue weighted by Crippen LogP contribution is 2.02. The van der Waals surface area contributed by atoms with Crippen LogP contribution in [-0.2, 0) is 11.3 Å². The number of hydrogen-bond acceptors (Lipinski definition) is 3. The molecule has 1 rings (SSSR count). The van der Waals surface area contributed by atoms with Gasteiger partial charge in [-0.05, 0) is 19.1 Å². The molecule has 4 nitrogen and oxygen atoms in total. The van der Waals surface area contributed by atoms with Crippen molar-refractivity contribution in [2.75, 3.05) is 13.6 Å². The van der Waals surface area contributed by atoms with Crippen molar-refractivity contribution in [2.45, 2.75) is 19.9 Å². The van der Waals surface area contributed by atoms with Crippen LogP contribution in [0.1, 0.15) is 17.8 Å². The first-order valence-corrected chi connectivity index (χ1v) is 5.00. The summed E-state index contributed by atoms with van der Waals surface area (Å²) in [5.41, 5.74) is 7.19. The van der Waals surface area contributed by atoms with E-state index in [1.165, 1.54) is 0 Å². The Bertz CT molecular complexity index is 338. The molecule has 2 N–H and O–H groups in total. The second-order valence-electron chi connectivity index (χ2n) is 3.56. The fourth-order valence-electron chi connectivity index (χ4n) is 1.33. The van der Waals surface area contributed by atoms with Crippen molar-refractivity contribution in [3.8, 4) is 0 Å². The molecule has 1 amide bonds. The van der Waals surface area contributed by atoms with Gasteiger partial charge in [0.05, 0.1) is 12.2 Å². The van der Waals surface area contributed by atoms with Crippen molar-refractivity contribution in [1.82, 2.24) is 9.88 Å². The summed E-state index contributed by atoms with van der Waals surface area (Å²) in [5.74, 6) is 0.0563. The molecule has 0 aliphatic heterocycles. The summed E-state index contributed by atoms with van der Waals surface area (Å²) >= 11 is 0. The molecule has 1 heterocycles. The van der Waals surface area contributed by atoms with E-state index in [9.17, 15) is 4.79 Å². The lowest BCUT2D eigenvalue weighted by molar-refractivity contribution is -0.130. The first-order valence-electron chi connectivity index (χ1n) is 5.00. The van der Waals surface area contributed by atoms with E-state index in [0.717, 1.165) is 11.4 Å². The monoisotopic (exact) mass is 207 g/mol. The molecule has 1 aromatic rings. The van der Waals surface area contributed by atoms with Crippen molar-refractivity contribution in [3.63, 3.8) is 0 Å². The zero-order chi connectivity index (χ0) is 11.3. The summed E-state index contributed by atoms with van der Waals surface area (Å²) in [5, 5.41) is 0. The predicted octanol–water partition coefficient (Wildman–Crippen LogP) is 0.697. The molecule has 0 aliphatic carbocycles. The van der Waals surface area contributed by atoms with Gasteiger partial charge in [0.1, 0.15) is 0 Å². The Hall–Kier alpha value is -1.42. The van der Waals surface area contributed by atoms with Crippen LogP contribution in [0.25, 0.3) is 0 Å². The van der Waals surface area contributed by atoms with Gasteiger partial charge in [0, 0.05) is 25.7 Å². The Morgan fingerprint density at radius 3 is 2.87 bits per heavy atom. The number of pyridine rings is 1. The minimum Gasteiger partial charge on any atom is -0.340 e. The van der Waals surface area contributed by atoms with Gasteiger partial charge in [-0.15, -0.1) is 0 Å². The number of rotatable bonds is 4. The third-order valence-corrected chi connectivity index (χ3v) is 2.13. The molecule has 15 heavy (non-hydrogen) atoms. The van der Waals surface area contributed by atoms with Gasteiger partial charge in [0.2, 0.25) is 5.91 Å². The molecule has 0 aromatic carbocycles. The van der Waals surface area contributed by atoms with Crippen LogP contribution < -0.4 is 5.73 Å². The third kappa shape index (κ3) is 3.67. The molecule has 82 valence electrons. The molecule has 1 aromatic heterocycles. The molecule has 0 saturated heterocycles. The van der Waals surface area contributed by atoms with Gasteiger partial charge in [-0.3, -0.25) is 9.78 Å². The van der Waals surface area contributed by atoms with Crippen molar-refractivity contribution >= 4 is 5.91 Å². The summed E-state index contributed by atoms with van der Waals surface area (Å²) in [6, 6.07) is 5.79. The fourth-order valence-corrected chi connectivity index (χ4v) is 1.33. The number of aromatic nitrogens is 1. The number of carbonyl (C=O) groups is 1. The quantitative estimate of drug-likeness (QED) is 0.790. The topological polar surface area (TPSA) is 59.2 Å². The summed E-state index contributed by atoms with van der Waals surface area (Å²) in [6.45, 7) is 2.87. The molecule has 0 bridgehead atoms. The van der Waals surface area contributed by atoms with Crippen LogP contribution in [0, 0.1) is 6.92 Å². The third-order valence-electron chi connectivity index (χ3n) is 2.13. The van der Waals surface area contributed by atoms with Gasteiger partial charge in [0.25, 0.3) is 0 Å². The smallest absolute Gasteiger partial charge is 0.223 e. The van der Waals surface area contributed by atoms with E-state index >= 15 is 0 Å². The minimum absolute atomic E-state index is 0.0563. The van der Waals surface area contributed by atoms with Crippen LogP contribution >= 0.6 is 0 Å². The standard InChI is InChI=1S/C11H17N3O/c1-9-4-3-5-10(13-9)8-14(2)11(15)6-7-12/h3-5H,6-8,12H2,1-2H3. The number of carbonyl (C=O) groups excluding carboxylic acids is 1. The first-order chi connectivity index (χ1) is 7.13. The van der Waals surface area contributed by atoms with Gasteiger partial charge in [-0.25, -0.2) is 0 Å². The zero-order valence-electron chi connectivity index (χ0n) is 9.23. The van der Waals surface area contributed by atoms with Gasteiger partial charge in [-0.2, -0.15) is 0 Å². The number of nitrogens with zero attached hydrogens (tertiary/aromatic N) is 2. The maximum Gasteiger partial charge on any atom is 0.223 e. The number of hydrogen-bond donors (Lipinski definition) is 1. The highest BCUT2D eigenvalue weighted by molar-refractivity contribution is 5.75. The second-order valence-corrected chi connectivity index (χ2v) is 3.56. The predicted molar refractivity (Wildman–Crippen MR) is 59.1 cm³/mol. The van der Waals surface area contributed by atoms with Crippen molar-refractivity contribution < 1.29 is 4.79 Å². The molecule has 0 radical (unpaired) electrons. The van der Waals surface area contributed by atoms with Gasteiger partial charge in [0.15, 0.2) is 0 Å². The molecule has 0 atom stereocenters. The normalized spacial score (nSPS) is 10.1. The van der Waals surface area contributed by atoms with Gasteiger partial charge >= 0.3 is 0 Å². The lowest BCUT2D eigenvalue weighted by Gasteiger charge is -2.16. The van der Waals surface area contributed by atoms with E-state index < -0.39 is 0 Å². The Morgan fingerprint density at radius 2 is 2.27 bits per heavy atom. The van der Waals surface area contributed by atoms with Crippen LogP contribution in [0.3, 0.4) is 0 Å². The Labute approximate surface area is 90.1 Å². The van der Waals surface area contributed by atoms with E-state index in [1.807, 2.05) is 25.1 Å². The first kappa shape index (κ1) is 11.7. The van der Waals surface area contributed by atoms with Crippen LogP contribution in [0.15, 0.2) is 18.2 Å². The highest BCUT2D eigenvalue weighted by Gasteiger charge is 2.08. The number of aryl methyl sites for hydroxylation is 1. The Balaban J connectivity index is 2.58. The average Bonchev–Trinajstić information content (AvgIpc) is 2.18. The summed E-state index contributed by atoms with van der Waals surface area (Å²) in [4.78, 5) is 17.4. The van der Waals surface area contributed by atoms with Crippen molar-refractivity contribution in [2.24, 2.45) is 5.73 Å². The maximum absolute atomic E-state index is 11.5. The van der Waals surface area contributed by atoms with Gasteiger partial charge in [-0.1, -0.05) is 6.07 Å². The molecule has 0 spiro atoms. The van der Waals surface area contributed by atoms with E-state index in [-0.39, 0.29) is 5.91 Å². The zero-order valence-corrected chi connectivity index (χ0v) is 9.23. The number of amides is 1. The Kier molecular flexibility index (Phi) is 4.24. The average molecular weight is 207 g/mol. The van der Waals surface area contributed by atoms with E-state index in [1.54, 1.807) is 11.9 Å². The van der Waals surface area contributed by atoms with Crippen LogP contribution in [0.4, 0.5) is 0 Å². The molecule has 0 unspecified atom stereocenters. The van der Waals surface area contributed by atoms with Crippen LogP contribution in [-0.4, -0.2) is 29.4 Å². The van der Waals surface area contributed by atoms with E-state index in [0.29, 0.717) is 19.5 Å². The summed E-state index contributed by atoms with van der Waals surface area (Å²) in [6.07, 6.45) is 0.391. The van der Waals surface area contributed by atoms with Crippen molar-refractivity contribution in [3.05, 3.63) is 29.6 Å². The maximum atomic E-state index is 11.5. The molecule has 0 aliphatic rings. The SMILES string of the molecule is Cc1cccc(CN(C)C(=O)CCN)n1. The van der Waals surface area contributed by atoms with E-state index in [4.69, 9.17) is 5.73 Å². The molecular weight excluding hydrogens is 190 g/mol.